The molecule has 5 heteroatoms. The fourth-order valence-electron chi connectivity index (χ4n) is 3.31. The van der Waals surface area contributed by atoms with E-state index in [2.05, 4.69) is 29.4 Å². The van der Waals surface area contributed by atoms with Gasteiger partial charge in [0.2, 0.25) is 0 Å². The molecule has 0 spiro atoms. The average Bonchev–Trinajstić information content (AvgIpc) is 2.61. The number of carbonyl (C=O) groups excluding carboxylic acids is 1. The Kier molecular flexibility index (Phi) is 4.86. The van der Waals surface area contributed by atoms with Crippen molar-refractivity contribution in [1.82, 2.24) is 5.32 Å². The zero-order valence-electron chi connectivity index (χ0n) is 14.5. The Labute approximate surface area is 148 Å². The van der Waals surface area contributed by atoms with Crippen molar-refractivity contribution in [2.75, 3.05) is 18.8 Å². The third-order valence-corrected chi connectivity index (χ3v) is 4.92. The van der Waals surface area contributed by atoms with E-state index in [1.54, 1.807) is 18.3 Å². The lowest BCUT2D eigenvalue weighted by Gasteiger charge is -2.34. The van der Waals surface area contributed by atoms with Gasteiger partial charge in [-0.05, 0) is 43.1 Å². The molecule has 1 aliphatic rings. The number of anilines is 1. The lowest BCUT2D eigenvalue weighted by molar-refractivity contribution is 0.100. The summed E-state index contributed by atoms with van der Waals surface area (Å²) in [4.78, 5) is 15.8. The second-order valence-electron chi connectivity index (χ2n) is 6.82. The summed E-state index contributed by atoms with van der Waals surface area (Å²) in [6.07, 6.45) is 4.06. The predicted molar refractivity (Wildman–Crippen MR) is 103 cm³/mol. The summed E-state index contributed by atoms with van der Waals surface area (Å²) >= 11 is 0. The number of carbonyl (C=O) groups is 1. The number of benzene rings is 2. The molecule has 0 aromatic heterocycles. The maximum absolute atomic E-state index is 11.4. The first kappa shape index (κ1) is 17.2. The molecule has 1 aliphatic heterocycles. The highest BCUT2D eigenvalue weighted by molar-refractivity contribution is 6.02. The van der Waals surface area contributed by atoms with Gasteiger partial charge in [0.1, 0.15) is 0 Å². The third-order valence-electron chi connectivity index (χ3n) is 4.92. The SMILES string of the molecule is C[C@]1(c2ccc(N=Cc3cccc(C(N)=O)c3N)cc2)CCCNC1. The number of amides is 1. The van der Waals surface area contributed by atoms with Crippen LogP contribution in [-0.4, -0.2) is 25.2 Å². The summed E-state index contributed by atoms with van der Waals surface area (Å²) in [5.74, 6) is -0.536. The van der Waals surface area contributed by atoms with Crippen molar-refractivity contribution in [2.24, 2.45) is 10.7 Å². The number of piperidine rings is 1. The van der Waals surface area contributed by atoms with Gasteiger partial charge in [0.25, 0.3) is 5.91 Å². The highest BCUT2D eigenvalue weighted by Gasteiger charge is 2.28. The number of rotatable bonds is 4. The van der Waals surface area contributed by atoms with Crippen molar-refractivity contribution in [1.29, 1.82) is 0 Å². The lowest BCUT2D eigenvalue weighted by Crippen LogP contribution is -2.40. The number of para-hydroxylation sites is 1. The van der Waals surface area contributed by atoms with Crippen LogP contribution >= 0.6 is 0 Å². The van der Waals surface area contributed by atoms with Crippen molar-refractivity contribution in [3.05, 3.63) is 59.2 Å². The normalized spacial score (nSPS) is 20.7. The minimum absolute atomic E-state index is 0.181. The van der Waals surface area contributed by atoms with Crippen LogP contribution in [0.1, 0.15) is 41.3 Å². The van der Waals surface area contributed by atoms with Gasteiger partial charge in [-0.25, -0.2) is 0 Å². The molecule has 1 fully saturated rings. The van der Waals surface area contributed by atoms with Crippen LogP contribution < -0.4 is 16.8 Å². The van der Waals surface area contributed by atoms with Crippen LogP contribution in [0, 0.1) is 0 Å². The molecule has 0 unspecified atom stereocenters. The second kappa shape index (κ2) is 7.07. The van der Waals surface area contributed by atoms with Gasteiger partial charge in [-0.15, -0.1) is 0 Å². The number of nitrogens with one attached hydrogen (secondary N) is 1. The van der Waals surface area contributed by atoms with Crippen LogP contribution in [0.3, 0.4) is 0 Å². The second-order valence-corrected chi connectivity index (χ2v) is 6.82. The Bertz CT molecular complexity index is 790. The summed E-state index contributed by atoms with van der Waals surface area (Å²) in [5, 5.41) is 3.47. The molecule has 2 aromatic rings. The maximum atomic E-state index is 11.4. The summed E-state index contributed by atoms with van der Waals surface area (Å²) in [6.45, 7) is 4.41. The number of nitrogens with two attached hydrogens (primary N) is 2. The number of nitrogen functional groups attached to an aromatic ring is 1. The van der Waals surface area contributed by atoms with E-state index in [1.807, 2.05) is 18.2 Å². The Morgan fingerprint density at radius 3 is 2.64 bits per heavy atom. The lowest BCUT2D eigenvalue weighted by atomic mass is 9.76. The first-order valence-electron chi connectivity index (χ1n) is 8.53. The molecule has 1 heterocycles. The molecule has 0 bridgehead atoms. The first-order chi connectivity index (χ1) is 12.0. The van der Waals surface area contributed by atoms with Gasteiger partial charge in [-0.2, -0.15) is 0 Å². The van der Waals surface area contributed by atoms with Crippen LogP contribution in [0.2, 0.25) is 0 Å². The van der Waals surface area contributed by atoms with E-state index < -0.39 is 5.91 Å². The van der Waals surface area contributed by atoms with Crippen LogP contribution in [0.15, 0.2) is 47.5 Å². The van der Waals surface area contributed by atoms with Gasteiger partial charge < -0.3 is 16.8 Å². The number of hydrogen-bond donors (Lipinski definition) is 3. The van der Waals surface area contributed by atoms with E-state index in [1.165, 1.54) is 18.4 Å². The Morgan fingerprint density at radius 2 is 2.00 bits per heavy atom. The van der Waals surface area contributed by atoms with Gasteiger partial charge in [0, 0.05) is 23.7 Å². The number of aliphatic imine (C=N–C) groups is 1. The fraction of sp³-hybridized carbons (Fsp3) is 0.300. The molecule has 25 heavy (non-hydrogen) atoms. The molecule has 1 atom stereocenters. The summed E-state index contributed by atoms with van der Waals surface area (Å²) in [5.41, 5.74) is 15.0. The van der Waals surface area contributed by atoms with E-state index in [-0.39, 0.29) is 5.41 Å². The maximum Gasteiger partial charge on any atom is 0.250 e. The average molecular weight is 336 g/mol. The summed E-state index contributed by atoms with van der Waals surface area (Å²) in [6, 6.07) is 13.5. The Balaban J connectivity index is 1.79. The van der Waals surface area contributed by atoms with Gasteiger partial charge >= 0.3 is 0 Å². The zero-order chi connectivity index (χ0) is 17.9. The molecule has 0 saturated carbocycles. The van der Waals surface area contributed by atoms with Gasteiger partial charge in [0.05, 0.1) is 16.9 Å². The first-order valence-corrected chi connectivity index (χ1v) is 8.53. The molecular weight excluding hydrogens is 312 g/mol. The van der Waals surface area contributed by atoms with Crippen LogP contribution in [0.5, 0.6) is 0 Å². The minimum atomic E-state index is -0.536. The molecule has 3 rings (SSSR count). The molecule has 5 N–H and O–H groups in total. The zero-order valence-corrected chi connectivity index (χ0v) is 14.5. The van der Waals surface area contributed by atoms with Gasteiger partial charge in [-0.1, -0.05) is 31.2 Å². The molecule has 2 aromatic carbocycles. The standard InChI is InChI=1S/C20H24N4O/c1-20(10-3-11-23-13-20)15-6-8-16(9-7-15)24-12-14-4-2-5-17(18(14)21)19(22)25/h2,4-9,12,23H,3,10-11,13,21H2,1H3,(H2,22,25)/t20-/m0/s1. The van der Waals surface area contributed by atoms with Crippen LogP contribution in [-0.2, 0) is 5.41 Å². The topological polar surface area (TPSA) is 93.5 Å². The molecular formula is C20H24N4O. The molecule has 1 amide bonds. The van der Waals surface area contributed by atoms with Crippen molar-refractivity contribution in [3.63, 3.8) is 0 Å². The smallest absolute Gasteiger partial charge is 0.250 e. The Morgan fingerprint density at radius 1 is 1.24 bits per heavy atom. The number of nitrogens with zero attached hydrogens (tertiary/aromatic N) is 1. The predicted octanol–water partition coefficient (Wildman–Crippen LogP) is 2.76. The van der Waals surface area contributed by atoms with Crippen molar-refractivity contribution in [3.8, 4) is 0 Å². The molecule has 1 saturated heterocycles. The highest BCUT2D eigenvalue weighted by Crippen LogP contribution is 2.31. The van der Waals surface area contributed by atoms with Crippen molar-refractivity contribution < 1.29 is 4.79 Å². The molecule has 130 valence electrons. The van der Waals surface area contributed by atoms with Crippen molar-refractivity contribution in [2.45, 2.75) is 25.2 Å². The van der Waals surface area contributed by atoms with E-state index in [0.717, 1.165) is 18.8 Å². The van der Waals surface area contributed by atoms with E-state index in [4.69, 9.17) is 11.5 Å². The quantitative estimate of drug-likeness (QED) is 0.592. The third kappa shape index (κ3) is 3.72. The monoisotopic (exact) mass is 336 g/mol. The number of primary amides is 1. The minimum Gasteiger partial charge on any atom is -0.398 e. The van der Waals surface area contributed by atoms with Crippen LogP contribution in [0.4, 0.5) is 11.4 Å². The van der Waals surface area contributed by atoms with E-state index >= 15 is 0 Å². The van der Waals surface area contributed by atoms with E-state index in [0.29, 0.717) is 16.8 Å². The van der Waals surface area contributed by atoms with Gasteiger partial charge in [0.15, 0.2) is 0 Å². The highest BCUT2D eigenvalue weighted by atomic mass is 16.1. The molecule has 5 nitrogen and oxygen atoms in total. The number of hydrogen-bond acceptors (Lipinski definition) is 4. The summed E-state index contributed by atoms with van der Waals surface area (Å²) < 4.78 is 0. The summed E-state index contributed by atoms with van der Waals surface area (Å²) in [7, 11) is 0. The largest absolute Gasteiger partial charge is 0.398 e. The molecule has 0 aliphatic carbocycles. The van der Waals surface area contributed by atoms with Crippen LogP contribution in [0.25, 0.3) is 0 Å². The Hall–Kier alpha value is -2.66. The fourth-order valence-corrected chi connectivity index (χ4v) is 3.31. The molecule has 0 radical (unpaired) electrons. The van der Waals surface area contributed by atoms with Gasteiger partial charge in [-0.3, -0.25) is 9.79 Å². The van der Waals surface area contributed by atoms with E-state index in [9.17, 15) is 4.79 Å². The van der Waals surface area contributed by atoms with Crippen molar-refractivity contribution >= 4 is 23.5 Å².